The predicted molar refractivity (Wildman–Crippen MR) is 129 cm³/mol. The van der Waals surface area contributed by atoms with E-state index >= 15 is 0 Å². The highest BCUT2D eigenvalue weighted by Crippen LogP contribution is 2.21. The second-order valence-electron chi connectivity index (χ2n) is 8.38. The van der Waals surface area contributed by atoms with Gasteiger partial charge in [-0.15, -0.1) is 0 Å². The fourth-order valence-corrected chi connectivity index (χ4v) is 5.43. The number of benzene rings is 1. The Balaban J connectivity index is 1.76. The fourth-order valence-electron chi connectivity index (χ4n) is 4.21. The number of carbonyl (C=O) groups is 1. The van der Waals surface area contributed by atoms with Gasteiger partial charge in [0, 0.05) is 44.3 Å². The molecule has 33 heavy (non-hydrogen) atoms. The number of amides is 1. The first kappa shape index (κ1) is 25.2. The molecule has 0 spiro atoms. The van der Waals surface area contributed by atoms with Gasteiger partial charge in [-0.05, 0) is 70.2 Å². The summed E-state index contributed by atoms with van der Waals surface area (Å²) in [6.45, 7) is 7.09. The number of anilines is 1. The van der Waals surface area contributed by atoms with E-state index in [0.717, 1.165) is 38.0 Å². The molecule has 1 aliphatic rings. The van der Waals surface area contributed by atoms with Crippen LogP contribution in [0.25, 0.3) is 0 Å². The van der Waals surface area contributed by atoms with Gasteiger partial charge in [0.15, 0.2) is 0 Å². The van der Waals surface area contributed by atoms with Gasteiger partial charge in [-0.25, -0.2) is 13.4 Å². The Hall–Kier alpha value is -2.43. The number of nitrogens with zero attached hydrogens (tertiary/aromatic N) is 3. The summed E-state index contributed by atoms with van der Waals surface area (Å²) >= 11 is 0. The van der Waals surface area contributed by atoms with E-state index in [1.807, 2.05) is 0 Å². The lowest BCUT2D eigenvalue weighted by molar-refractivity contribution is -0.134. The lowest BCUT2D eigenvalue weighted by Gasteiger charge is -2.31. The molecule has 1 fully saturated rings. The van der Waals surface area contributed by atoms with E-state index < -0.39 is 22.1 Å². The molecule has 0 aliphatic carbocycles. The Kier molecular flexibility index (Phi) is 8.87. The van der Waals surface area contributed by atoms with Crippen LogP contribution in [0.3, 0.4) is 0 Å². The zero-order valence-electron chi connectivity index (χ0n) is 19.5. The maximum atomic E-state index is 13.3. The van der Waals surface area contributed by atoms with E-state index in [-0.39, 0.29) is 17.2 Å². The lowest BCUT2D eigenvalue weighted by Crippen LogP contribution is -2.50. The van der Waals surface area contributed by atoms with Crippen molar-refractivity contribution in [2.45, 2.75) is 62.9 Å². The van der Waals surface area contributed by atoms with Crippen molar-refractivity contribution in [2.24, 2.45) is 5.73 Å². The van der Waals surface area contributed by atoms with Crippen molar-refractivity contribution < 1.29 is 13.2 Å². The maximum Gasteiger partial charge on any atom is 0.241 e. The first-order valence-corrected chi connectivity index (χ1v) is 13.2. The van der Waals surface area contributed by atoms with Crippen LogP contribution in [-0.4, -0.2) is 61.4 Å². The number of nitrogens with one attached hydrogen (secondary N) is 2. The largest absolute Gasteiger partial charge is 0.372 e. The van der Waals surface area contributed by atoms with E-state index in [0.29, 0.717) is 25.3 Å². The molecule has 2 heterocycles. The first-order chi connectivity index (χ1) is 15.9. The van der Waals surface area contributed by atoms with E-state index in [9.17, 15) is 13.2 Å². The van der Waals surface area contributed by atoms with Crippen LogP contribution >= 0.6 is 0 Å². The van der Waals surface area contributed by atoms with E-state index in [1.54, 1.807) is 41.6 Å². The number of hydrogen-bond donors (Lipinski definition) is 3. The molecule has 0 bridgehead atoms. The average molecular weight is 477 g/mol. The Morgan fingerprint density at radius 3 is 2.39 bits per heavy atom. The van der Waals surface area contributed by atoms with Crippen molar-refractivity contribution in [2.75, 3.05) is 31.1 Å². The molecular weight excluding hydrogens is 440 g/mol. The van der Waals surface area contributed by atoms with Crippen LogP contribution in [0.2, 0.25) is 0 Å². The normalized spacial score (nSPS) is 16.4. The molecule has 0 radical (unpaired) electrons. The summed E-state index contributed by atoms with van der Waals surface area (Å²) in [4.78, 5) is 24.4. The van der Waals surface area contributed by atoms with Crippen molar-refractivity contribution in [3.63, 3.8) is 0 Å². The minimum Gasteiger partial charge on any atom is -0.372 e. The van der Waals surface area contributed by atoms with Gasteiger partial charge in [0.05, 0.1) is 10.9 Å². The van der Waals surface area contributed by atoms with Gasteiger partial charge >= 0.3 is 0 Å². The zero-order chi connectivity index (χ0) is 23.8. The third-order valence-corrected chi connectivity index (χ3v) is 7.66. The van der Waals surface area contributed by atoms with Gasteiger partial charge in [-0.2, -0.15) is 4.72 Å². The Morgan fingerprint density at radius 1 is 1.15 bits per heavy atom. The van der Waals surface area contributed by atoms with Crippen LogP contribution in [-0.2, 0) is 14.8 Å². The number of nitrogens with two attached hydrogens (primary N) is 1. The number of carbonyl (C=O) groups excluding carboxylic acids is 1. The van der Waals surface area contributed by atoms with Crippen molar-refractivity contribution >= 4 is 21.6 Å². The summed E-state index contributed by atoms with van der Waals surface area (Å²) in [5, 5.41) is 0. The molecule has 1 aromatic heterocycles. The summed E-state index contributed by atoms with van der Waals surface area (Å²) in [6.07, 6.45) is 6.97. The molecule has 1 aliphatic heterocycles. The highest BCUT2D eigenvalue weighted by Gasteiger charge is 2.30. The number of aromatic nitrogens is 2. The molecule has 2 aromatic rings. The number of rotatable bonds is 11. The Morgan fingerprint density at radius 2 is 1.82 bits per heavy atom. The van der Waals surface area contributed by atoms with Crippen LogP contribution in [0, 0.1) is 0 Å². The number of sulfonamides is 1. The molecule has 1 amide bonds. The molecule has 10 heteroatoms. The third-order valence-electron chi connectivity index (χ3n) is 6.18. The quantitative estimate of drug-likeness (QED) is 0.457. The monoisotopic (exact) mass is 476 g/mol. The topological polar surface area (TPSA) is 124 Å². The minimum absolute atomic E-state index is 0.144. The number of imidazole rings is 1. The molecule has 4 N–H and O–H groups in total. The molecule has 0 saturated carbocycles. The van der Waals surface area contributed by atoms with Crippen molar-refractivity contribution in [1.82, 2.24) is 19.6 Å². The van der Waals surface area contributed by atoms with Gasteiger partial charge in [-0.1, -0.05) is 0 Å². The number of piperidine rings is 1. The Labute approximate surface area is 196 Å². The summed E-state index contributed by atoms with van der Waals surface area (Å²) in [6, 6.07) is 5.50. The van der Waals surface area contributed by atoms with Crippen LogP contribution in [0.15, 0.2) is 41.6 Å². The molecule has 3 rings (SSSR count). The lowest BCUT2D eigenvalue weighted by atomic mass is 10.0. The van der Waals surface area contributed by atoms with Crippen LogP contribution < -0.4 is 15.4 Å². The smallest absolute Gasteiger partial charge is 0.241 e. The first-order valence-electron chi connectivity index (χ1n) is 11.8. The summed E-state index contributed by atoms with van der Waals surface area (Å²) in [5.74, 6) is 0.429. The van der Waals surface area contributed by atoms with Crippen LogP contribution in [0.1, 0.15) is 57.8 Å². The molecule has 2 atom stereocenters. The number of aromatic amines is 1. The second kappa shape index (κ2) is 11.6. The molecule has 1 saturated heterocycles. The predicted octanol–water partition coefficient (Wildman–Crippen LogP) is 2.40. The van der Waals surface area contributed by atoms with E-state index in [2.05, 4.69) is 33.4 Å². The highest BCUT2D eigenvalue weighted by atomic mass is 32.2. The molecule has 1 aromatic carbocycles. The summed E-state index contributed by atoms with van der Waals surface area (Å²) in [7, 11) is -3.88. The van der Waals surface area contributed by atoms with E-state index in [1.165, 1.54) is 0 Å². The van der Waals surface area contributed by atoms with Gasteiger partial charge in [0.2, 0.25) is 15.9 Å². The molecule has 9 nitrogen and oxygen atoms in total. The van der Waals surface area contributed by atoms with Crippen molar-refractivity contribution in [3.8, 4) is 0 Å². The number of H-pyrrole nitrogens is 1. The van der Waals surface area contributed by atoms with Gasteiger partial charge in [0.25, 0.3) is 0 Å². The third kappa shape index (κ3) is 6.55. The summed E-state index contributed by atoms with van der Waals surface area (Å²) < 4.78 is 29.0. The van der Waals surface area contributed by atoms with Gasteiger partial charge in [-0.3, -0.25) is 4.79 Å². The minimum atomic E-state index is -3.88. The molecule has 182 valence electrons. The zero-order valence-corrected chi connectivity index (χ0v) is 20.4. The van der Waals surface area contributed by atoms with Crippen molar-refractivity contribution in [3.05, 3.63) is 42.5 Å². The van der Waals surface area contributed by atoms with Crippen molar-refractivity contribution in [1.29, 1.82) is 0 Å². The second-order valence-corrected chi connectivity index (χ2v) is 10.1. The van der Waals surface area contributed by atoms with Crippen LogP contribution in [0.4, 0.5) is 5.69 Å². The van der Waals surface area contributed by atoms with Crippen LogP contribution in [0.5, 0.6) is 0 Å². The average Bonchev–Trinajstić information content (AvgIpc) is 3.38. The van der Waals surface area contributed by atoms with E-state index in [4.69, 9.17) is 5.73 Å². The van der Waals surface area contributed by atoms with Gasteiger partial charge < -0.3 is 20.5 Å². The SMILES string of the molecule is CCN(CC)c1ccc(S(=O)(=O)NC(CCC(N)c2ncc[nH]2)C(=O)N2CCCCC2)cc1. The number of hydrogen-bond acceptors (Lipinski definition) is 6. The highest BCUT2D eigenvalue weighted by molar-refractivity contribution is 7.89. The standard InChI is InChI=1S/C23H36N6O3S/c1-3-28(4-2)18-8-10-19(11-9-18)33(31,32)27-21(23(30)29-16-6-5-7-17-29)13-12-20(24)22-25-14-15-26-22/h8-11,14-15,20-21,27H,3-7,12-13,16-17,24H2,1-2H3,(H,25,26). The molecule has 2 unspecified atom stereocenters. The summed E-state index contributed by atoms with van der Waals surface area (Å²) in [5.41, 5.74) is 7.17. The maximum absolute atomic E-state index is 13.3. The molecular formula is C23H36N6O3S. The number of likely N-dealkylation sites (tertiary alicyclic amines) is 1. The fraction of sp³-hybridized carbons (Fsp3) is 0.565. The Bertz CT molecular complexity index is 968. The van der Waals surface area contributed by atoms with Gasteiger partial charge in [0.1, 0.15) is 11.9 Å².